The van der Waals surface area contributed by atoms with Gasteiger partial charge in [0.1, 0.15) is 5.75 Å². The van der Waals surface area contributed by atoms with Crippen LogP contribution in [0.5, 0.6) is 5.75 Å². The predicted octanol–water partition coefficient (Wildman–Crippen LogP) is 8.60. The summed E-state index contributed by atoms with van der Waals surface area (Å²) in [6.07, 6.45) is 7.61. The predicted molar refractivity (Wildman–Crippen MR) is 153 cm³/mol. The molecule has 6 heteroatoms. The van der Waals surface area contributed by atoms with Crippen molar-refractivity contribution in [3.05, 3.63) is 95.1 Å². The summed E-state index contributed by atoms with van der Waals surface area (Å²) in [5, 5.41) is 14.8. The number of aliphatic carboxylic acids is 1. The lowest BCUT2D eigenvalue weighted by molar-refractivity contribution is -0.145. The van der Waals surface area contributed by atoms with Crippen molar-refractivity contribution in [3.63, 3.8) is 0 Å². The second-order valence-electron chi connectivity index (χ2n) is 8.95. The Kier molecular flexibility index (Phi) is 9.17. The molecule has 1 unspecified atom stereocenters. The van der Waals surface area contributed by atoms with Gasteiger partial charge in [0, 0.05) is 16.1 Å². The second-order valence-corrected chi connectivity index (χ2v) is 9.38. The highest BCUT2D eigenvalue weighted by Crippen LogP contribution is 2.30. The van der Waals surface area contributed by atoms with Crippen LogP contribution in [0.3, 0.4) is 0 Å². The molecule has 0 aliphatic rings. The summed E-state index contributed by atoms with van der Waals surface area (Å²) in [6, 6.07) is 25.1. The van der Waals surface area contributed by atoms with E-state index in [2.05, 4.69) is 17.2 Å². The minimum atomic E-state index is -0.942. The third-order valence-electron chi connectivity index (χ3n) is 6.04. The van der Waals surface area contributed by atoms with Gasteiger partial charge in [0.2, 0.25) is 0 Å². The van der Waals surface area contributed by atoms with E-state index in [1.807, 2.05) is 84.9 Å². The maximum atomic E-state index is 11.8. The van der Waals surface area contributed by atoms with Gasteiger partial charge in [-0.3, -0.25) is 0 Å². The normalized spacial score (nSPS) is 12.1. The van der Waals surface area contributed by atoms with Crippen molar-refractivity contribution in [3.8, 4) is 5.75 Å². The van der Waals surface area contributed by atoms with Crippen LogP contribution in [-0.2, 0) is 4.79 Å². The highest BCUT2D eigenvalue weighted by molar-refractivity contribution is 6.31. The van der Waals surface area contributed by atoms with Crippen LogP contribution in [0.25, 0.3) is 23.1 Å². The van der Waals surface area contributed by atoms with Gasteiger partial charge in [-0.25, -0.2) is 9.78 Å². The lowest BCUT2D eigenvalue weighted by Gasteiger charge is -2.18. The number of benzene rings is 3. The van der Waals surface area contributed by atoms with Crippen LogP contribution in [0.15, 0.2) is 78.9 Å². The number of pyridine rings is 1. The van der Waals surface area contributed by atoms with Crippen LogP contribution < -0.4 is 10.1 Å². The van der Waals surface area contributed by atoms with Gasteiger partial charge in [-0.15, -0.1) is 0 Å². The first-order valence-electron chi connectivity index (χ1n) is 12.6. The molecule has 3 aromatic carbocycles. The maximum Gasteiger partial charge on any atom is 0.344 e. The van der Waals surface area contributed by atoms with Crippen molar-refractivity contribution in [2.45, 2.75) is 45.1 Å². The number of nitrogens with one attached hydrogen (secondary N) is 1. The molecule has 0 radical (unpaired) electrons. The Balaban J connectivity index is 1.47. The number of carboxylic acids is 1. The number of ether oxygens (including phenoxy) is 1. The van der Waals surface area contributed by atoms with Crippen molar-refractivity contribution in [2.75, 3.05) is 5.32 Å². The summed E-state index contributed by atoms with van der Waals surface area (Å²) < 4.78 is 5.94. The van der Waals surface area contributed by atoms with Gasteiger partial charge < -0.3 is 15.2 Å². The number of aromatic nitrogens is 1. The monoisotopic (exact) mass is 514 g/mol. The first kappa shape index (κ1) is 26.2. The molecule has 37 heavy (non-hydrogen) atoms. The Morgan fingerprint density at radius 1 is 1.00 bits per heavy atom. The van der Waals surface area contributed by atoms with Gasteiger partial charge in [-0.1, -0.05) is 80.3 Å². The molecule has 4 aromatic rings. The average Bonchev–Trinajstić information content (AvgIpc) is 2.90. The van der Waals surface area contributed by atoms with Gasteiger partial charge in [0.05, 0.1) is 16.9 Å². The fourth-order valence-corrected chi connectivity index (χ4v) is 4.24. The van der Waals surface area contributed by atoms with Gasteiger partial charge in [-0.05, 0) is 66.9 Å². The van der Waals surface area contributed by atoms with Crippen molar-refractivity contribution in [1.82, 2.24) is 4.98 Å². The molecule has 190 valence electrons. The molecule has 0 aliphatic carbocycles. The van der Waals surface area contributed by atoms with Crippen LogP contribution in [0.2, 0.25) is 5.02 Å². The third-order valence-corrected chi connectivity index (χ3v) is 6.27. The highest BCUT2D eigenvalue weighted by Gasteiger charge is 2.20. The number of carboxylic acid groups (broad SMARTS) is 1. The van der Waals surface area contributed by atoms with E-state index in [1.54, 1.807) is 6.07 Å². The lowest BCUT2D eigenvalue weighted by atomic mass is 10.1. The number of hydrogen-bond acceptors (Lipinski definition) is 4. The standard InChI is InChI=1S/C31H31ClN2O3/c1-2-3-4-5-13-30(31(35)36)37-29-12-7-6-11-27(29)34-26-10-8-9-22(20-26)14-18-25-19-16-23-15-17-24(32)21-28(23)33-25/h6-12,14-21,30,34H,2-5,13H2,1H3,(H,35,36). The number of carbonyl (C=O) groups is 1. The molecule has 0 spiro atoms. The Bertz CT molecular complexity index is 1390. The van der Waals surface area contributed by atoms with Gasteiger partial charge in [0.25, 0.3) is 0 Å². The molecular weight excluding hydrogens is 484 g/mol. The third kappa shape index (κ3) is 7.58. The van der Waals surface area contributed by atoms with E-state index >= 15 is 0 Å². The molecule has 1 heterocycles. The summed E-state index contributed by atoms with van der Waals surface area (Å²) in [5.74, 6) is -0.423. The van der Waals surface area contributed by atoms with E-state index < -0.39 is 12.1 Å². The van der Waals surface area contributed by atoms with Crippen LogP contribution in [0.1, 0.15) is 50.3 Å². The molecule has 1 atom stereocenters. The van der Waals surface area contributed by atoms with Crippen molar-refractivity contribution < 1.29 is 14.6 Å². The number of unbranched alkanes of at least 4 members (excludes halogenated alkanes) is 3. The number of para-hydroxylation sites is 2. The molecule has 0 aliphatic heterocycles. The molecule has 0 amide bonds. The Hall–Kier alpha value is -3.83. The summed E-state index contributed by atoms with van der Waals surface area (Å²) in [6.45, 7) is 2.13. The van der Waals surface area contributed by atoms with Crippen LogP contribution >= 0.6 is 11.6 Å². The Labute approximate surface area is 222 Å². The van der Waals surface area contributed by atoms with E-state index in [9.17, 15) is 9.90 Å². The number of rotatable bonds is 12. The molecular formula is C31H31ClN2O3. The largest absolute Gasteiger partial charge is 0.479 e. The second kappa shape index (κ2) is 12.9. The molecule has 0 saturated carbocycles. The van der Waals surface area contributed by atoms with E-state index in [1.165, 1.54) is 0 Å². The smallest absolute Gasteiger partial charge is 0.344 e. The van der Waals surface area contributed by atoms with E-state index in [0.29, 0.717) is 17.2 Å². The summed E-state index contributed by atoms with van der Waals surface area (Å²) in [4.78, 5) is 16.5. The summed E-state index contributed by atoms with van der Waals surface area (Å²) >= 11 is 6.11. The molecule has 0 saturated heterocycles. The Morgan fingerprint density at radius 3 is 2.68 bits per heavy atom. The molecule has 0 fully saturated rings. The number of anilines is 2. The molecule has 4 rings (SSSR count). The van der Waals surface area contributed by atoms with Crippen LogP contribution in [-0.4, -0.2) is 22.2 Å². The molecule has 5 nitrogen and oxygen atoms in total. The van der Waals surface area contributed by atoms with E-state index in [4.69, 9.17) is 16.3 Å². The quantitative estimate of drug-likeness (QED) is 0.185. The number of nitrogens with zero attached hydrogens (tertiary/aromatic N) is 1. The van der Waals surface area contributed by atoms with Gasteiger partial charge in [0.15, 0.2) is 6.10 Å². The Morgan fingerprint density at radius 2 is 1.84 bits per heavy atom. The molecule has 2 N–H and O–H groups in total. The first-order chi connectivity index (χ1) is 18.0. The van der Waals surface area contributed by atoms with Crippen LogP contribution in [0.4, 0.5) is 11.4 Å². The first-order valence-corrected chi connectivity index (χ1v) is 13.0. The SMILES string of the molecule is CCCCCCC(Oc1ccccc1Nc1cccc(C=Cc2ccc3ccc(Cl)cc3n2)c1)C(=O)O. The van der Waals surface area contributed by atoms with Crippen molar-refractivity contribution in [1.29, 1.82) is 0 Å². The minimum absolute atomic E-state index is 0.485. The van der Waals surface area contributed by atoms with Crippen molar-refractivity contribution in [2.24, 2.45) is 0 Å². The van der Waals surface area contributed by atoms with Crippen molar-refractivity contribution >= 4 is 52.0 Å². The maximum absolute atomic E-state index is 11.8. The minimum Gasteiger partial charge on any atom is -0.479 e. The summed E-state index contributed by atoms with van der Waals surface area (Å²) in [5.41, 5.74) is 4.27. The van der Waals surface area contributed by atoms with E-state index in [0.717, 1.165) is 59.2 Å². The van der Waals surface area contributed by atoms with Crippen LogP contribution in [0, 0.1) is 0 Å². The number of halogens is 1. The fraction of sp³-hybridized carbons (Fsp3) is 0.226. The lowest BCUT2D eigenvalue weighted by Crippen LogP contribution is -2.27. The van der Waals surface area contributed by atoms with E-state index in [-0.39, 0.29) is 0 Å². The average molecular weight is 515 g/mol. The highest BCUT2D eigenvalue weighted by atomic mass is 35.5. The zero-order chi connectivity index (χ0) is 26.0. The molecule has 0 bridgehead atoms. The molecule has 1 aromatic heterocycles. The van der Waals surface area contributed by atoms with Gasteiger partial charge in [-0.2, -0.15) is 0 Å². The topological polar surface area (TPSA) is 71.5 Å². The fourth-order valence-electron chi connectivity index (χ4n) is 4.07. The zero-order valence-corrected chi connectivity index (χ0v) is 21.6. The van der Waals surface area contributed by atoms with Gasteiger partial charge >= 0.3 is 5.97 Å². The zero-order valence-electron chi connectivity index (χ0n) is 20.9. The number of hydrogen-bond donors (Lipinski definition) is 2. The summed E-state index contributed by atoms with van der Waals surface area (Å²) in [7, 11) is 0. The number of fused-ring (bicyclic) bond motifs is 1.